The lowest BCUT2D eigenvalue weighted by atomic mass is 9.91. The molecule has 0 amide bonds. The molecule has 152 valence electrons. The Morgan fingerprint density at radius 1 is 1.32 bits per heavy atom. The number of nitrogens with zero attached hydrogens (tertiary/aromatic N) is 2. The molecule has 1 fully saturated rings. The minimum absolute atomic E-state index is 0.135. The molecule has 28 heavy (non-hydrogen) atoms. The molecule has 2 atom stereocenters. The average Bonchev–Trinajstić information content (AvgIpc) is 3.24. The summed E-state index contributed by atoms with van der Waals surface area (Å²) < 4.78 is 2.06. The number of carboxylic acid groups (broad SMARTS) is 1. The van der Waals surface area contributed by atoms with E-state index < -0.39 is 5.97 Å². The summed E-state index contributed by atoms with van der Waals surface area (Å²) in [5.74, 6) is 0.851. The summed E-state index contributed by atoms with van der Waals surface area (Å²) in [4.78, 5) is 15.5. The van der Waals surface area contributed by atoms with Crippen molar-refractivity contribution in [2.75, 3.05) is 0 Å². The molecule has 1 aliphatic carbocycles. The zero-order valence-corrected chi connectivity index (χ0v) is 17.2. The topological polar surface area (TPSA) is 75.4 Å². The third-order valence-corrected chi connectivity index (χ3v) is 6.14. The summed E-state index contributed by atoms with van der Waals surface area (Å²) in [7, 11) is 0. The fraction of sp³-hybridized carbons (Fsp3) is 0.545. The van der Waals surface area contributed by atoms with Crippen LogP contribution in [0.1, 0.15) is 74.0 Å². The molecule has 1 aromatic carbocycles. The minimum atomic E-state index is -0.708. The van der Waals surface area contributed by atoms with Gasteiger partial charge >= 0.3 is 5.97 Å². The highest BCUT2D eigenvalue weighted by atomic mass is 35.5. The number of halogens is 1. The standard InChI is InChI=1S/C22H29ClN2O3/c1-2-3-8-20-24-22(23)19(14-26)25(20)13-17-6-4-5-7-18(17)16-10-9-15(11-16)12-21(27)28/h4-7,15-16,26H,2-3,8-14H2,1H3,(H,27,28). The summed E-state index contributed by atoms with van der Waals surface area (Å²) >= 11 is 6.28. The van der Waals surface area contributed by atoms with Crippen LogP contribution in [0.3, 0.4) is 0 Å². The molecule has 1 saturated carbocycles. The molecule has 0 bridgehead atoms. The van der Waals surface area contributed by atoms with Gasteiger partial charge in [-0.15, -0.1) is 0 Å². The van der Waals surface area contributed by atoms with Crippen LogP contribution < -0.4 is 0 Å². The van der Waals surface area contributed by atoms with Gasteiger partial charge in [0.05, 0.1) is 12.3 Å². The quantitative estimate of drug-likeness (QED) is 0.630. The Bertz CT molecular complexity index is 818. The molecular formula is C22H29ClN2O3. The Kier molecular flexibility index (Phi) is 7.13. The fourth-order valence-corrected chi connectivity index (χ4v) is 4.66. The number of carboxylic acids is 1. The fourth-order valence-electron chi connectivity index (χ4n) is 4.40. The number of aromatic nitrogens is 2. The number of unbranched alkanes of at least 4 members (excludes halogenated alkanes) is 1. The van der Waals surface area contributed by atoms with Crippen LogP contribution in [-0.4, -0.2) is 25.7 Å². The van der Waals surface area contributed by atoms with E-state index >= 15 is 0 Å². The van der Waals surface area contributed by atoms with Gasteiger partial charge in [0.1, 0.15) is 5.82 Å². The molecule has 0 aliphatic heterocycles. The first-order valence-corrected chi connectivity index (χ1v) is 10.6. The number of carbonyl (C=O) groups is 1. The van der Waals surface area contributed by atoms with Gasteiger partial charge in [-0.05, 0) is 48.6 Å². The molecule has 6 heteroatoms. The normalized spacial score (nSPS) is 19.2. The third kappa shape index (κ3) is 4.76. The first-order valence-electron chi connectivity index (χ1n) is 10.2. The van der Waals surface area contributed by atoms with Gasteiger partial charge in [0.25, 0.3) is 0 Å². The van der Waals surface area contributed by atoms with Crippen molar-refractivity contribution < 1.29 is 15.0 Å². The second-order valence-electron chi connectivity index (χ2n) is 7.79. The van der Waals surface area contributed by atoms with E-state index in [9.17, 15) is 9.90 Å². The van der Waals surface area contributed by atoms with Crippen molar-refractivity contribution in [3.05, 3.63) is 52.1 Å². The third-order valence-electron chi connectivity index (χ3n) is 5.83. The van der Waals surface area contributed by atoms with E-state index in [1.807, 2.05) is 6.07 Å². The molecule has 0 saturated heterocycles. The Labute approximate surface area is 171 Å². The highest BCUT2D eigenvalue weighted by molar-refractivity contribution is 6.30. The van der Waals surface area contributed by atoms with Crippen LogP contribution in [0.5, 0.6) is 0 Å². The Hall–Kier alpha value is -1.85. The van der Waals surface area contributed by atoms with Crippen molar-refractivity contribution in [1.29, 1.82) is 0 Å². The molecule has 0 spiro atoms. The molecule has 1 aromatic heterocycles. The van der Waals surface area contributed by atoms with E-state index in [1.165, 1.54) is 11.1 Å². The van der Waals surface area contributed by atoms with Crippen LogP contribution >= 0.6 is 11.6 Å². The lowest BCUT2D eigenvalue weighted by molar-refractivity contribution is -0.138. The number of aliphatic hydroxyl groups excluding tert-OH is 1. The highest BCUT2D eigenvalue weighted by Gasteiger charge is 2.29. The zero-order chi connectivity index (χ0) is 20.1. The number of aliphatic carboxylic acids is 1. The molecule has 2 unspecified atom stereocenters. The highest BCUT2D eigenvalue weighted by Crippen LogP contribution is 2.41. The van der Waals surface area contributed by atoms with Gasteiger partial charge in [-0.25, -0.2) is 4.98 Å². The van der Waals surface area contributed by atoms with Crippen molar-refractivity contribution in [2.24, 2.45) is 5.92 Å². The van der Waals surface area contributed by atoms with Gasteiger partial charge in [-0.2, -0.15) is 0 Å². The summed E-state index contributed by atoms with van der Waals surface area (Å²) in [6.45, 7) is 2.64. The van der Waals surface area contributed by atoms with Crippen LogP contribution in [0.15, 0.2) is 24.3 Å². The Balaban J connectivity index is 1.85. The number of imidazole rings is 1. The molecular weight excluding hydrogens is 376 g/mol. The van der Waals surface area contributed by atoms with Gasteiger partial charge < -0.3 is 14.8 Å². The summed E-state index contributed by atoms with van der Waals surface area (Å²) in [6, 6.07) is 8.37. The Morgan fingerprint density at radius 3 is 2.82 bits per heavy atom. The van der Waals surface area contributed by atoms with Gasteiger partial charge in [0, 0.05) is 19.4 Å². The lowest BCUT2D eigenvalue weighted by Crippen LogP contribution is -2.12. The van der Waals surface area contributed by atoms with Crippen molar-refractivity contribution in [3.8, 4) is 0 Å². The lowest BCUT2D eigenvalue weighted by Gasteiger charge is -2.18. The number of rotatable bonds is 9. The van der Waals surface area contributed by atoms with Gasteiger partial charge in [0.2, 0.25) is 0 Å². The molecule has 1 heterocycles. The maximum Gasteiger partial charge on any atom is 0.303 e. The van der Waals surface area contributed by atoms with Crippen LogP contribution in [-0.2, 0) is 24.4 Å². The van der Waals surface area contributed by atoms with Crippen molar-refractivity contribution in [1.82, 2.24) is 9.55 Å². The maximum absolute atomic E-state index is 11.1. The summed E-state index contributed by atoms with van der Waals surface area (Å²) in [5, 5.41) is 19.3. The largest absolute Gasteiger partial charge is 0.481 e. The monoisotopic (exact) mass is 404 g/mol. The van der Waals surface area contributed by atoms with E-state index in [2.05, 4.69) is 34.7 Å². The number of aryl methyl sites for hydroxylation is 1. The molecule has 3 rings (SSSR count). The molecule has 2 aromatic rings. The van der Waals surface area contributed by atoms with E-state index in [0.717, 1.165) is 44.3 Å². The first kappa shape index (κ1) is 20.9. The smallest absolute Gasteiger partial charge is 0.303 e. The van der Waals surface area contributed by atoms with Crippen LogP contribution in [0.25, 0.3) is 0 Å². The van der Waals surface area contributed by atoms with Crippen LogP contribution in [0.2, 0.25) is 5.15 Å². The summed E-state index contributed by atoms with van der Waals surface area (Å²) in [6.07, 6.45) is 6.10. The van der Waals surface area contributed by atoms with Crippen molar-refractivity contribution in [2.45, 2.75) is 70.9 Å². The molecule has 0 radical (unpaired) electrons. The summed E-state index contributed by atoms with van der Waals surface area (Å²) in [5.41, 5.74) is 3.15. The predicted octanol–water partition coefficient (Wildman–Crippen LogP) is 4.78. The predicted molar refractivity (Wildman–Crippen MR) is 110 cm³/mol. The molecule has 5 nitrogen and oxygen atoms in total. The number of hydrogen-bond donors (Lipinski definition) is 2. The average molecular weight is 405 g/mol. The zero-order valence-electron chi connectivity index (χ0n) is 16.4. The Morgan fingerprint density at radius 2 is 2.11 bits per heavy atom. The SMILES string of the molecule is CCCCc1nc(Cl)c(CO)n1Cc1ccccc1C1CCC(CC(=O)O)C1. The number of hydrogen-bond acceptors (Lipinski definition) is 3. The van der Waals surface area contributed by atoms with Gasteiger partial charge in [-0.1, -0.05) is 49.2 Å². The van der Waals surface area contributed by atoms with Crippen molar-refractivity contribution in [3.63, 3.8) is 0 Å². The van der Waals surface area contributed by atoms with Crippen molar-refractivity contribution >= 4 is 17.6 Å². The maximum atomic E-state index is 11.1. The van der Waals surface area contributed by atoms with Crippen LogP contribution in [0, 0.1) is 5.92 Å². The van der Waals surface area contributed by atoms with E-state index in [1.54, 1.807) is 0 Å². The molecule has 2 N–H and O–H groups in total. The number of benzene rings is 1. The number of aliphatic hydroxyl groups is 1. The minimum Gasteiger partial charge on any atom is -0.481 e. The second-order valence-corrected chi connectivity index (χ2v) is 8.14. The van der Waals surface area contributed by atoms with Gasteiger partial charge in [-0.3, -0.25) is 4.79 Å². The van der Waals surface area contributed by atoms with E-state index in [0.29, 0.717) is 23.3 Å². The van der Waals surface area contributed by atoms with Crippen LogP contribution in [0.4, 0.5) is 0 Å². The molecule has 1 aliphatic rings. The first-order chi connectivity index (χ1) is 13.5. The second kappa shape index (κ2) is 9.57. The van der Waals surface area contributed by atoms with E-state index in [-0.39, 0.29) is 18.9 Å². The van der Waals surface area contributed by atoms with Gasteiger partial charge in [0.15, 0.2) is 5.15 Å². The van der Waals surface area contributed by atoms with E-state index in [4.69, 9.17) is 16.7 Å².